The number of halogens is 5. The number of H-pyrrole nitrogens is 1. The van der Waals surface area contributed by atoms with Crippen LogP contribution in [0, 0.1) is 11.6 Å². The summed E-state index contributed by atoms with van der Waals surface area (Å²) < 4.78 is 71.5. The van der Waals surface area contributed by atoms with Gasteiger partial charge in [-0.25, -0.2) is 13.4 Å². The lowest BCUT2D eigenvalue weighted by molar-refractivity contribution is -0.275. The number of rotatable bonds is 3. The average molecular weight is 348 g/mol. The van der Waals surface area contributed by atoms with Gasteiger partial charge in [-0.15, -0.1) is 13.2 Å². The van der Waals surface area contributed by atoms with Crippen LogP contribution in [0.5, 0.6) is 5.75 Å². The summed E-state index contributed by atoms with van der Waals surface area (Å²) in [4.78, 5) is 14.0. The van der Waals surface area contributed by atoms with Gasteiger partial charge in [0.15, 0.2) is 17.1 Å². The maximum absolute atomic E-state index is 13.7. The summed E-state index contributed by atoms with van der Waals surface area (Å²) in [5.74, 6) is -4.05. The van der Waals surface area contributed by atoms with E-state index in [1.165, 1.54) is 0 Å². The van der Waals surface area contributed by atoms with E-state index in [0.29, 0.717) is 6.07 Å². The van der Waals surface area contributed by atoms with E-state index in [4.69, 9.17) is 0 Å². The van der Waals surface area contributed by atoms with Gasteiger partial charge in [0, 0.05) is 18.2 Å². The first-order valence-electron chi connectivity index (χ1n) is 6.10. The molecular weight excluding hydrogens is 343 g/mol. The minimum Gasteiger partial charge on any atom is -0.403 e. The molecular formula is C12H5F5N4O3. The molecule has 2 aromatic heterocycles. The molecule has 0 radical (unpaired) electrons. The van der Waals surface area contributed by atoms with E-state index in [2.05, 4.69) is 30.0 Å². The minimum atomic E-state index is -5.17. The van der Waals surface area contributed by atoms with Gasteiger partial charge < -0.3 is 15.0 Å². The number of ether oxygens (including phenoxy) is 1. The number of anilines is 2. The van der Waals surface area contributed by atoms with E-state index < -0.39 is 35.0 Å². The predicted molar refractivity (Wildman–Crippen MR) is 68.7 cm³/mol. The second kappa shape index (κ2) is 5.47. The maximum atomic E-state index is 13.7. The van der Waals surface area contributed by atoms with Crippen LogP contribution in [0.15, 0.2) is 27.6 Å². The Kier molecular flexibility index (Phi) is 3.58. The first-order chi connectivity index (χ1) is 11.2. The van der Waals surface area contributed by atoms with Crippen molar-refractivity contribution in [3.05, 3.63) is 40.2 Å². The lowest BCUT2D eigenvalue weighted by Crippen LogP contribution is -2.18. The van der Waals surface area contributed by atoms with E-state index in [0.717, 1.165) is 6.07 Å². The van der Waals surface area contributed by atoms with Crippen molar-refractivity contribution in [2.75, 3.05) is 5.32 Å². The van der Waals surface area contributed by atoms with Crippen LogP contribution >= 0.6 is 0 Å². The summed E-state index contributed by atoms with van der Waals surface area (Å²) in [6.07, 6.45) is -5.17. The van der Waals surface area contributed by atoms with E-state index in [-0.39, 0.29) is 22.9 Å². The maximum Gasteiger partial charge on any atom is 0.573 e. The van der Waals surface area contributed by atoms with Gasteiger partial charge in [0.25, 0.3) is 5.56 Å². The van der Waals surface area contributed by atoms with Crippen LogP contribution in [0.25, 0.3) is 11.2 Å². The fourth-order valence-electron chi connectivity index (χ4n) is 1.82. The van der Waals surface area contributed by atoms with E-state index in [1.54, 1.807) is 0 Å². The van der Waals surface area contributed by atoms with E-state index in [9.17, 15) is 26.7 Å². The standard InChI is InChI=1S/C12H5F5N4O3/c13-4-1-5(14)9(23-12(15,16)17)3-6(4)18-8-2-7-10(19-11(8)22)21-24-20-7/h1-3,18H,(H,19,21,22). The molecule has 0 bridgehead atoms. The van der Waals surface area contributed by atoms with Gasteiger partial charge in [0.2, 0.25) is 5.65 Å². The number of alkyl halides is 3. The summed E-state index contributed by atoms with van der Waals surface area (Å²) in [5.41, 5.74) is -1.54. The molecule has 24 heavy (non-hydrogen) atoms. The number of hydrogen-bond donors (Lipinski definition) is 2. The second-order valence-corrected chi connectivity index (χ2v) is 4.45. The van der Waals surface area contributed by atoms with Crippen molar-refractivity contribution in [3.8, 4) is 5.75 Å². The zero-order chi connectivity index (χ0) is 17.5. The molecule has 7 nitrogen and oxygen atoms in total. The number of nitrogens with zero attached hydrogens (tertiary/aromatic N) is 2. The number of fused-ring (bicyclic) bond motifs is 1. The Morgan fingerprint density at radius 3 is 2.54 bits per heavy atom. The average Bonchev–Trinajstić information content (AvgIpc) is 2.90. The molecule has 0 unspecified atom stereocenters. The van der Waals surface area contributed by atoms with Crippen molar-refractivity contribution < 1.29 is 31.3 Å². The molecule has 0 saturated heterocycles. The molecule has 0 fully saturated rings. The van der Waals surface area contributed by atoms with Crippen LogP contribution < -0.4 is 15.6 Å². The normalized spacial score (nSPS) is 11.7. The summed E-state index contributed by atoms with van der Waals surface area (Å²) in [7, 11) is 0. The third-order valence-electron chi connectivity index (χ3n) is 2.79. The molecule has 0 spiro atoms. The molecule has 0 aliphatic rings. The van der Waals surface area contributed by atoms with Gasteiger partial charge >= 0.3 is 6.36 Å². The van der Waals surface area contributed by atoms with Crippen molar-refractivity contribution >= 4 is 22.5 Å². The molecule has 126 valence electrons. The molecule has 1 aromatic carbocycles. The Labute approximate surface area is 128 Å². The fraction of sp³-hybridized carbons (Fsp3) is 0.0833. The summed E-state index contributed by atoms with van der Waals surface area (Å²) in [5, 5.41) is 9.05. The highest BCUT2D eigenvalue weighted by Gasteiger charge is 2.33. The van der Waals surface area contributed by atoms with Gasteiger partial charge in [-0.2, -0.15) is 0 Å². The molecule has 0 aliphatic carbocycles. The number of nitrogens with one attached hydrogen (secondary N) is 2. The monoisotopic (exact) mass is 348 g/mol. The molecule has 3 aromatic rings. The van der Waals surface area contributed by atoms with Crippen LogP contribution in [-0.4, -0.2) is 21.7 Å². The number of hydrogen-bond acceptors (Lipinski definition) is 6. The zero-order valence-corrected chi connectivity index (χ0v) is 11.2. The predicted octanol–water partition coefficient (Wildman–Crippen LogP) is 2.83. The Hall–Kier alpha value is -3.18. The molecule has 0 amide bonds. The molecule has 12 heteroatoms. The molecule has 2 heterocycles. The fourth-order valence-corrected chi connectivity index (χ4v) is 1.82. The molecule has 0 aliphatic heterocycles. The van der Waals surface area contributed by atoms with Gasteiger partial charge in [0.1, 0.15) is 11.5 Å². The quantitative estimate of drug-likeness (QED) is 0.707. The van der Waals surface area contributed by atoms with Crippen molar-refractivity contribution in [2.45, 2.75) is 6.36 Å². The van der Waals surface area contributed by atoms with Gasteiger partial charge in [0.05, 0.1) is 5.69 Å². The van der Waals surface area contributed by atoms with Crippen LogP contribution in [0.3, 0.4) is 0 Å². The van der Waals surface area contributed by atoms with E-state index in [1.807, 2.05) is 0 Å². The van der Waals surface area contributed by atoms with Crippen LogP contribution in [0.4, 0.5) is 33.3 Å². The summed E-state index contributed by atoms with van der Waals surface area (Å²) in [6, 6.07) is 1.74. The molecule has 2 N–H and O–H groups in total. The lowest BCUT2D eigenvalue weighted by Gasteiger charge is -2.12. The van der Waals surface area contributed by atoms with Gasteiger partial charge in [-0.05, 0) is 10.3 Å². The summed E-state index contributed by atoms with van der Waals surface area (Å²) >= 11 is 0. The SMILES string of the molecule is O=c1[nH]c2nonc2cc1Nc1cc(OC(F)(F)F)c(F)cc1F. The third-order valence-corrected chi connectivity index (χ3v) is 2.79. The van der Waals surface area contributed by atoms with Gasteiger partial charge in [-0.3, -0.25) is 4.79 Å². The first-order valence-corrected chi connectivity index (χ1v) is 6.10. The number of benzene rings is 1. The number of aromatic nitrogens is 3. The number of pyridine rings is 1. The van der Waals surface area contributed by atoms with Crippen molar-refractivity contribution in [3.63, 3.8) is 0 Å². The van der Waals surface area contributed by atoms with Crippen LogP contribution in [-0.2, 0) is 0 Å². The third kappa shape index (κ3) is 3.11. The highest BCUT2D eigenvalue weighted by molar-refractivity contribution is 5.75. The first kappa shape index (κ1) is 15.7. The smallest absolute Gasteiger partial charge is 0.403 e. The Balaban J connectivity index is 2.00. The van der Waals surface area contributed by atoms with Crippen molar-refractivity contribution in [1.29, 1.82) is 0 Å². The minimum absolute atomic E-state index is 0.0196. The zero-order valence-electron chi connectivity index (χ0n) is 11.2. The van der Waals surface area contributed by atoms with Crippen LogP contribution in [0.2, 0.25) is 0 Å². The topological polar surface area (TPSA) is 93.0 Å². The van der Waals surface area contributed by atoms with Crippen LogP contribution in [0.1, 0.15) is 0 Å². The lowest BCUT2D eigenvalue weighted by atomic mass is 10.2. The Bertz CT molecular complexity index is 965. The van der Waals surface area contributed by atoms with Crippen molar-refractivity contribution in [2.24, 2.45) is 0 Å². The second-order valence-electron chi connectivity index (χ2n) is 4.45. The largest absolute Gasteiger partial charge is 0.573 e. The summed E-state index contributed by atoms with van der Waals surface area (Å²) in [6.45, 7) is 0. The number of aromatic amines is 1. The molecule has 3 rings (SSSR count). The molecule has 0 saturated carbocycles. The Morgan fingerprint density at radius 1 is 1.08 bits per heavy atom. The van der Waals surface area contributed by atoms with E-state index >= 15 is 0 Å². The van der Waals surface area contributed by atoms with Crippen molar-refractivity contribution in [1.82, 2.24) is 15.3 Å². The van der Waals surface area contributed by atoms with Gasteiger partial charge in [-0.1, -0.05) is 0 Å². The highest BCUT2D eigenvalue weighted by atomic mass is 19.4. The highest BCUT2D eigenvalue weighted by Crippen LogP contribution is 2.31. The Morgan fingerprint density at radius 2 is 1.83 bits per heavy atom. The molecule has 0 atom stereocenters.